The molecule has 112 valence electrons. The fourth-order valence-electron chi connectivity index (χ4n) is 3.12. The molecule has 0 aliphatic carbocycles. The molecule has 1 aromatic carbocycles. The molecule has 0 radical (unpaired) electrons. The Kier molecular flexibility index (Phi) is 4.89. The quantitative estimate of drug-likeness (QED) is 0.899. The lowest BCUT2D eigenvalue weighted by atomic mass is 9.86. The van der Waals surface area contributed by atoms with Crippen LogP contribution in [0.25, 0.3) is 0 Å². The van der Waals surface area contributed by atoms with Crippen LogP contribution in [0.3, 0.4) is 0 Å². The van der Waals surface area contributed by atoms with Gasteiger partial charge in [-0.2, -0.15) is 0 Å². The number of hydrogen-bond acceptors (Lipinski definition) is 4. The van der Waals surface area contributed by atoms with Gasteiger partial charge in [0, 0.05) is 18.6 Å². The predicted octanol–water partition coefficient (Wildman–Crippen LogP) is 2.70. The molecule has 2 rings (SSSR count). The molecule has 1 N–H and O–H groups in total. The van der Waals surface area contributed by atoms with Crippen molar-refractivity contribution < 1.29 is 14.2 Å². The zero-order valence-electron chi connectivity index (χ0n) is 13.0. The lowest BCUT2D eigenvalue weighted by Crippen LogP contribution is -2.30. The zero-order chi connectivity index (χ0) is 14.7. The van der Waals surface area contributed by atoms with Gasteiger partial charge in [-0.15, -0.1) is 0 Å². The summed E-state index contributed by atoms with van der Waals surface area (Å²) in [6.45, 7) is 5.11. The van der Waals surface area contributed by atoms with Gasteiger partial charge in [-0.3, -0.25) is 0 Å². The van der Waals surface area contributed by atoms with Gasteiger partial charge in [0.1, 0.15) is 0 Å². The summed E-state index contributed by atoms with van der Waals surface area (Å²) in [5.41, 5.74) is 2.47. The number of benzene rings is 1. The third-order valence-electron chi connectivity index (χ3n) is 4.28. The SMILES string of the molecule is CNC(c1cc(OC)c(OC)cc1C)C1CCOC1C. The van der Waals surface area contributed by atoms with Gasteiger partial charge in [0.05, 0.1) is 20.3 Å². The van der Waals surface area contributed by atoms with E-state index >= 15 is 0 Å². The largest absolute Gasteiger partial charge is 0.493 e. The average molecular weight is 279 g/mol. The van der Waals surface area contributed by atoms with E-state index in [1.54, 1.807) is 14.2 Å². The maximum absolute atomic E-state index is 5.72. The highest BCUT2D eigenvalue weighted by Crippen LogP contribution is 2.38. The van der Waals surface area contributed by atoms with Gasteiger partial charge >= 0.3 is 0 Å². The van der Waals surface area contributed by atoms with E-state index < -0.39 is 0 Å². The Hall–Kier alpha value is -1.26. The fraction of sp³-hybridized carbons (Fsp3) is 0.625. The Labute approximate surface area is 121 Å². The van der Waals surface area contributed by atoms with Crippen LogP contribution in [-0.4, -0.2) is 34.0 Å². The number of hydrogen-bond donors (Lipinski definition) is 1. The number of ether oxygens (including phenoxy) is 3. The standard InChI is InChI=1S/C16H25NO3/c1-10-8-14(18-4)15(19-5)9-13(10)16(17-3)12-6-7-20-11(12)2/h8-9,11-12,16-17H,6-7H2,1-5H3. The summed E-state index contributed by atoms with van der Waals surface area (Å²) in [5, 5.41) is 3.44. The molecule has 4 nitrogen and oxygen atoms in total. The van der Waals surface area contributed by atoms with Crippen molar-refractivity contribution in [1.82, 2.24) is 5.32 Å². The van der Waals surface area contributed by atoms with E-state index in [2.05, 4.69) is 25.2 Å². The molecule has 3 atom stereocenters. The van der Waals surface area contributed by atoms with E-state index in [1.807, 2.05) is 13.1 Å². The fourth-order valence-corrected chi connectivity index (χ4v) is 3.12. The summed E-state index contributed by atoms with van der Waals surface area (Å²) < 4.78 is 16.5. The monoisotopic (exact) mass is 279 g/mol. The first kappa shape index (κ1) is 15.1. The van der Waals surface area contributed by atoms with Crippen molar-refractivity contribution in [1.29, 1.82) is 0 Å². The topological polar surface area (TPSA) is 39.7 Å². The van der Waals surface area contributed by atoms with Crippen LogP contribution in [0.4, 0.5) is 0 Å². The molecule has 1 aliphatic heterocycles. The average Bonchev–Trinajstić information content (AvgIpc) is 2.87. The van der Waals surface area contributed by atoms with Crippen LogP contribution < -0.4 is 14.8 Å². The Bertz CT molecular complexity index is 461. The Morgan fingerprint density at radius 3 is 2.40 bits per heavy atom. The van der Waals surface area contributed by atoms with Gasteiger partial charge in [-0.1, -0.05) is 0 Å². The summed E-state index contributed by atoms with van der Waals surface area (Å²) in [6, 6.07) is 4.40. The van der Waals surface area contributed by atoms with Crippen molar-refractivity contribution in [2.75, 3.05) is 27.9 Å². The lowest BCUT2D eigenvalue weighted by molar-refractivity contribution is 0.0962. The molecule has 1 aliphatic rings. The molecular weight excluding hydrogens is 254 g/mol. The van der Waals surface area contributed by atoms with Crippen LogP contribution in [0, 0.1) is 12.8 Å². The maximum Gasteiger partial charge on any atom is 0.161 e. The van der Waals surface area contributed by atoms with Crippen molar-refractivity contribution in [2.24, 2.45) is 5.92 Å². The van der Waals surface area contributed by atoms with Gasteiger partial charge in [0.15, 0.2) is 11.5 Å². The molecule has 1 saturated heterocycles. The normalized spacial score (nSPS) is 23.6. The van der Waals surface area contributed by atoms with E-state index in [4.69, 9.17) is 14.2 Å². The molecule has 20 heavy (non-hydrogen) atoms. The third kappa shape index (κ3) is 2.76. The molecule has 1 heterocycles. The molecule has 3 unspecified atom stereocenters. The van der Waals surface area contributed by atoms with E-state index in [9.17, 15) is 0 Å². The first-order valence-electron chi connectivity index (χ1n) is 7.13. The second-order valence-corrected chi connectivity index (χ2v) is 5.36. The molecular formula is C16H25NO3. The number of methoxy groups -OCH3 is 2. The minimum absolute atomic E-state index is 0.271. The molecule has 0 amide bonds. The van der Waals surface area contributed by atoms with Gasteiger partial charge < -0.3 is 19.5 Å². The summed E-state index contributed by atoms with van der Waals surface area (Å²) in [7, 11) is 5.35. The van der Waals surface area contributed by atoms with E-state index in [-0.39, 0.29) is 12.1 Å². The summed E-state index contributed by atoms with van der Waals surface area (Å²) in [6.07, 6.45) is 1.36. The van der Waals surface area contributed by atoms with E-state index in [0.29, 0.717) is 5.92 Å². The van der Waals surface area contributed by atoms with Crippen molar-refractivity contribution in [3.8, 4) is 11.5 Å². The van der Waals surface area contributed by atoms with Crippen LogP contribution in [0.2, 0.25) is 0 Å². The van der Waals surface area contributed by atoms with Gasteiger partial charge in [-0.05, 0) is 50.6 Å². The van der Waals surface area contributed by atoms with Crippen molar-refractivity contribution in [3.05, 3.63) is 23.3 Å². The second kappa shape index (κ2) is 6.46. The van der Waals surface area contributed by atoms with Crippen LogP contribution >= 0.6 is 0 Å². The number of nitrogens with one attached hydrogen (secondary N) is 1. The molecule has 0 spiro atoms. The van der Waals surface area contributed by atoms with Crippen LogP contribution in [0.15, 0.2) is 12.1 Å². The van der Waals surface area contributed by atoms with Gasteiger partial charge in [0.2, 0.25) is 0 Å². The van der Waals surface area contributed by atoms with Gasteiger partial charge in [-0.25, -0.2) is 0 Å². The van der Waals surface area contributed by atoms with Crippen LogP contribution in [0.1, 0.15) is 30.5 Å². The number of rotatable bonds is 5. The first-order valence-corrected chi connectivity index (χ1v) is 7.13. The van der Waals surface area contributed by atoms with E-state index in [1.165, 1.54) is 11.1 Å². The Morgan fingerprint density at radius 1 is 1.25 bits per heavy atom. The molecule has 0 aromatic heterocycles. The minimum Gasteiger partial charge on any atom is -0.493 e. The van der Waals surface area contributed by atoms with Crippen molar-refractivity contribution >= 4 is 0 Å². The highest BCUT2D eigenvalue weighted by Gasteiger charge is 2.33. The number of aryl methyl sites for hydroxylation is 1. The highest BCUT2D eigenvalue weighted by atomic mass is 16.5. The molecule has 4 heteroatoms. The predicted molar refractivity (Wildman–Crippen MR) is 79.6 cm³/mol. The first-order chi connectivity index (χ1) is 9.62. The summed E-state index contributed by atoms with van der Waals surface area (Å²) in [5.74, 6) is 2.04. The van der Waals surface area contributed by atoms with Crippen LogP contribution in [0.5, 0.6) is 11.5 Å². The van der Waals surface area contributed by atoms with Crippen molar-refractivity contribution in [2.45, 2.75) is 32.4 Å². The Morgan fingerprint density at radius 2 is 1.90 bits per heavy atom. The van der Waals surface area contributed by atoms with E-state index in [0.717, 1.165) is 24.5 Å². The highest BCUT2D eigenvalue weighted by molar-refractivity contribution is 5.48. The minimum atomic E-state index is 0.271. The zero-order valence-corrected chi connectivity index (χ0v) is 13.0. The smallest absolute Gasteiger partial charge is 0.161 e. The lowest BCUT2D eigenvalue weighted by Gasteiger charge is -2.28. The molecule has 0 saturated carbocycles. The summed E-state index contributed by atoms with van der Waals surface area (Å²) in [4.78, 5) is 0. The molecule has 1 fully saturated rings. The van der Waals surface area contributed by atoms with Gasteiger partial charge in [0.25, 0.3) is 0 Å². The summed E-state index contributed by atoms with van der Waals surface area (Å²) >= 11 is 0. The molecule has 0 bridgehead atoms. The third-order valence-corrected chi connectivity index (χ3v) is 4.28. The van der Waals surface area contributed by atoms with Crippen LogP contribution in [-0.2, 0) is 4.74 Å². The second-order valence-electron chi connectivity index (χ2n) is 5.36. The molecule has 1 aromatic rings. The van der Waals surface area contributed by atoms with Crippen molar-refractivity contribution in [3.63, 3.8) is 0 Å². The Balaban J connectivity index is 2.38. The maximum atomic E-state index is 5.72.